The second-order valence-corrected chi connectivity index (χ2v) is 3.37. The first kappa shape index (κ1) is 6.35. The van der Waals surface area contributed by atoms with E-state index in [1.54, 1.807) is 0 Å². The van der Waals surface area contributed by atoms with Crippen LogP contribution < -0.4 is 5.32 Å². The van der Waals surface area contributed by atoms with E-state index in [4.69, 9.17) is 0 Å². The molecule has 0 saturated heterocycles. The molecule has 1 heterocycles. The summed E-state index contributed by atoms with van der Waals surface area (Å²) in [6.07, 6.45) is 7.39. The van der Waals surface area contributed by atoms with Gasteiger partial charge in [0.15, 0.2) is 0 Å². The van der Waals surface area contributed by atoms with Gasteiger partial charge in [-0.2, -0.15) is 0 Å². The summed E-state index contributed by atoms with van der Waals surface area (Å²) in [6.45, 7) is 2.09. The SMILES string of the molecule is C1=NC2(CCCC2)CNC1. The fourth-order valence-electron chi connectivity index (χ4n) is 1.99. The lowest BCUT2D eigenvalue weighted by Gasteiger charge is -2.27. The van der Waals surface area contributed by atoms with E-state index in [0.717, 1.165) is 13.1 Å². The van der Waals surface area contributed by atoms with Crippen LogP contribution in [0.25, 0.3) is 0 Å². The van der Waals surface area contributed by atoms with Crippen LogP contribution in [0.3, 0.4) is 0 Å². The number of nitrogens with zero attached hydrogens (tertiary/aromatic N) is 1. The fraction of sp³-hybridized carbons (Fsp3) is 0.875. The van der Waals surface area contributed by atoms with Crippen LogP contribution in [-0.4, -0.2) is 24.8 Å². The second kappa shape index (κ2) is 2.35. The van der Waals surface area contributed by atoms with Gasteiger partial charge in [0.2, 0.25) is 0 Å². The smallest absolute Gasteiger partial charge is 0.0728 e. The van der Waals surface area contributed by atoms with Gasteiger partial charge in [-0.1, -0.05) is 12.8 Å². The van der Waals surface area contributed by atoms with Crippen LogP contribution in [0.5, 0.6) is 0 Å². The Labute approximate surface area is 61.7 Å². The minimum atomic E-state index is 0.332. The predicted molar refractivity (Wildman–Crippen MR) is 42.6 cm³/mol. The van der Waals surface area contributed by atoms with Crippen LogP contribution in [0.1, 0.15) is 25.7 Å². The number of rotatable bonds is 0. The van der Waals surface area contributed by atoms with Crippen LogP contribution in [-0.2, 0) is 0 Å². The first-order chi connectivity index (χ1) is 4.91. The molecule has 0 unspecified atom stereocenters. The second-order valence-electron chi connectivity index (χ2n) is 3.37. The van der Waals surface area contributed by atoms with E-state index < -0.39 is 0 Å². The Kier molecular flexibility index (Phi) is 1.49. The molecule has 0 atom stereocenters. The topological polar surface area (TPSA) is 24.4 Å². The van der Waals surface area contributed by atoms with Gasteiger partial charge in [0.25, 0.3) is 0 Å². The average molecular weight is 138 g/mol. The van der Waals surface area contributed by atoms with Gasteiger partial charge in [-0.15, -0.1) is 0 Å². The lowest BCUT2D eigenvalue weighted by molar-refractivity contribution is 0.407. The Morgan fingerprint density at radius 2 is 2.10 bits per heavy atom. The van der Waals surface area contributed by atoms with Crippen molar-refractivity contribution in [1.82, 2.24) is 5.32 Å². The van der Waals surface area contributed by atoms with E-state index in [2.05, 4.69) is 10.3 Å². The van der Waals surface area contributed by atoms with Crippen LogP contribution in [0, 0.1) is 0 Å². The minimum absolute atomic E-state index is 0.332. The highest BCUT2D eigenvalue weighted by molar-refractivity contribution is 5.61. The normalized spacial score (nSPS) is 29.6. The largest absolute Gasteiger partial charge is 0.309 e. The molecule has 1 saturated carbocycles. The predicted octanol–water partition coefficient (Wildman–Crippen LogP) is 0.973. The molecule has 2 nitrogen and oxygen atoms in total. The molecule has 1 spiro atoms. The van der Waals surface area contributed by atoms with Gasteiger partial charge in [0.05, 0.1) is 5.54 Å². The van der Waals surface area contributed by atoms with Crippen molar-refractivity contribution in [3.8, 4) is 0 Å². The van der Waals surface area contributed by atoms with Crippen molar-refractivity contribution in [3.05, 3.63) is 0 Å². The quantitative estimate of drug-likeness (QED) is 0.530. The maximum Gasteiger partial charge on any atom is 0.0728 e. The molecule has 0 aromatic carbocycles. The van der Waals surface area contributed by atoms with E-state index in [1.165, 1.54) is 25.7 Å². The van der Waals surface area contributed by atoms with Gasteiger partial charge >= 0.3 is 0 Å². The summed E-state index contributed by atoms with van der Waals surface area (Å²) in [5.74, 6) is 0. The van der Waals surface area contributed by atoms with Gasteiger partial charge in [-0.25, -0.2) is 0 Å². The summed E-state index contributed by atoms with van der Waals surface area (Å²) in [4.78, 5) is 4.57. The van der Waals surface area contributed by atoms with Crippen molar-refractivity contribution in [1.29, 1.82) is 0 Å². The molecule has 0 aromatic heterocycles. The van der Waals surface area contributed by atoms with Gasteiger partial charge in [-0.05, 0) is 12.8 Å². The Hall–Kier alpha value is -0.370. The summed E-state index contributed by atoms with van der Waals surface area (Å²) in [6, 6.07) is 0. The monoisotopic (exact) mass is 138 g/mol. The van der Waals surface area contributed by atoms with E-state index in [1.807, 2.05) is 6.21 Å². The Balaban J connectivity index is 2.11. The molecule has 0 amide bonds. The summed E-state index contributed by atoms with van der Waals surface area (Å²) in [5, 5.41) is 3.37. The van der Waals surface area contributed by atoms with Crippen molar-refractivity contribution >= 4 is 6.21 Å². The van der Waals surface area contributed by atoms with Crippen LogP contribution >= 0.6 is 0 Å². The molecule has 2 heteroatoms. The van der Waals surface area contributed by atoms with E-state index in [9.17, 15) is 0 Å². The molecular weight excluding hydrogens is 124 g/mol. The maximum atomic E-state index is 4.57. The average Bonchev–Trinajstić information content (AvgIpc) is 2.39. The van der Waals surface area contributed by atoms with Crippen molar-refractivity contribution in [2.75, 3.05) is 13.1 Å². The van der Waals surface area contributed by atoms with Crippen molar-refractivity contribution in [3.63, 3.8) is 0 Å². The number of aliphatic imine (C=N–C) groups is 1. The van der Waals surface area contributed by atoms with Crippen LogP contribution in [0.15, 0.2) is 4.99 Å². The molecule has 0 radical (unpaired) electrons. The third-order valence-corrected chi connectivity index (χ3v) is 2.59. The number of nitrogens with one attached hydrogen (secondary N) is 1. The third-order valence-electron chi connectivity index (χ3n) is 2.59. The Bertz CT molecular complexity index is 145. The molecular formula is C8H14N2. The summed E-state index contributed by atoms with van der Waals surface area (Å²) in [5.41, 5.74) is 0.332. The van der Waals surface area contributed by atoms with E-state index >= 15 is 0 Å². The molecule has 56 valence electrons. The first-order valence-corrected chi connectivity index (χ1v) is 4.16. The van der Waals surface area contributed by atoms with E-state index in [0.29, 0.717) is 5.54 Å². The maximum absolute atomic E-state index is 4.57. The minimum Gasteiger partial charge on any atom is -0.309 e. The molecule has 1 N–H and O–H groups in total. The lowest BCUT2D eigenvalue weighted by atomic mass is 9.98. The molecule has 0 bridgehead atoms. The zero-order chi connectivity index (χ0) is 6.86. The number of hydrogen-bond donors (Lipinski definition) is 1. The molecule has 1 fully saturated rings. The van der Waals surface area contributed by atoms with Crippen LogP contribution in [0.4, 0.5) is 0 Å². The lowest BCUT2D eigenvalue weighted by Crippen LogP contribution is -2.41. The summed E-state index contributed by atoms with van der Waals surface area (Å²) < 4.78 is 0. The Morgan fingerprint density at radius 1 is 1.30 bits per heavy atom. The fourth-order valence-corrected chi connectivity index (χ4v) is 1.99. The van der Waals surface area contributed by atoms with Crippen molar-refractivity contribution < 1.29 is 0 Å². The van der Waals surface area contributed by atoms with Gasteiger partial charge in [0, 0.05) is 19.3 Å². The van der Waals surface area contributed by atoms with Crippen molar-refractivity contribution in [2.24, 2.45) is 4.99 Å². The third kappa shape index (κ3) is 0.966. The standard InChI is InChI=1S/C8H14N2/c1-2-4-8(3-1)7-9-5-6-10-8/h6,9H,1-5,7H2. The summed E-state index contributed by atoms with van der Waals surface area (Å²) >= 11 is 0. The van der Waals surface area contributed by atoms with Gasteiger partial charge in [-0.3, -0.25) is 4.99 Å². The molecule has 0 aromatic rings. The zero-order valence-corrected chi connectivity index (χ0v) is 6.27. The van der Waals surface area contributed by atoms with Crippen LogP contribution in [0.2, 0.25) is 0 Å². The highest BCUT2D eigenvalue weighted by atomic mass is 15.0. The molecule has 10 heavy (non-hydrogen) atoms. The van der Waals surface area contributed by atoms with Gasteiger partial charge < -0.3 is 5.32 Å². The first-order valence-electron chi connectivity index (χ1n) is 4.16. The van der Waals surface area contributed by atoms with E-state index in [-0.39, 0.29) is 0 Å². The van der Waals surface area contributed by atoms with Gasteiger partial charge in [0.1, 0.15) is 0 Å². The number of hydrogen-bond acceptors (Lipinski definition) is 2. The zero-order valence-electron chi connectivity index (χ0n) is 6.27. The summed E-state index contributed by atoms with van der Waals surface area (Å²) in [7, 11) is 0. The Morgan fingerprint density at radius 3 is 2.70 bits per heavy atom. The molecule has 1 aliphatic carbocycles. The molecule has 2 aliphatic rings. The van der Waals surface area contributed by atoms with Crippen molar-refractivity contribution in [2.45, 2.75) is 31.2 Å². The molecule has 2 rings (SSSR count). The molecule has 1 aliphatic heterocycles. The highest BCUT2D eigenvalue weighted by Gasteiger charge is 2.33. The highest BCUT2D eigenvalue weighted by Crippen LogP contribution is 2.33.